The van der Waals surface area contributed by atoms with E-state index >= 15 is 0 Å². The molecule has 1 aliphatic rings. The van der Waals surface area contributed by atoms with Crippen LogP contribution < -0.4 is 15.4 Å². The minimum absolute atomic E-state index is 0.139. The molecule has 0 amide bonds. The molecule has 7 heteroatoms. The number of ether oxygens (including phenoxy) is 2. The van der Waals surface area contributed by atoms with Crippen LogP contribution in [0.2, 0.25) is 0 Å². The lowest BCUT2D eigenvalue weighted by Crippen LogP contribution is -2.50. The van der Waals surface area contributed by atoms with E-state index in [0.29, 0.717) is 25.0 Å². The van der Waals surface area contributed by atoms with Crippen LogP contribution in [0.15, 0.2) is 23.2 Å². The molecule has 6 nitrogen and oxygen atoms in total. The number of halogens is 1. The van der Waals surface area contributed by atoms with Crippen LogP contribution in [-0.4, -0.2) is 63.4 Å². The van der Waals surface area contributed by atoms with Crippen molar-refractivity contribution in [2.24, 2.45) is 10.9 Å². The molecule has 0 bridgehead atoms. The molecule has 0 aliphatic carbocycles. The molecule has 0 spiro atoms. The molecular formula is C20H33FN4O2. The Kier molecular flexibility index (Phi) is 8.81. The first-order valence-corrected chi connectivity index (χ1v) is 9.70. The zero-order valence-electron chi connectivity index (χ0n) is 16.9. The summed E-state index contributed by atoms with van der Waals surface area (Å²) in [6, 6.07) is 4.91. The van der Waals surface area contributed by atoms with Gasteiger partial charge in [0.2, 0.25) is 0 Å². The molecule has 1 aromatic rings. The van der Waals surface area contributed by atoms with Crippen LogP contribution in [0.3, 0.4) is 0 Å². The third-order valence-electron chi connectivity index (χ3n) is 4.32. The second-order valence-electron chi connectivity index (χ2n) is 7.19. The second kappa shape index (κ2) is 11.1. The average Bonchev–Trinajstić information content (AvgIpc) is 2.64. The van der Waals surface area contributed by atoms with E-state index in [9.17, 15) is 4.39 Å². The molecule has 0 saturated carbocycles. The number of benzene rings is 1. The lowest BCUT2D eigenvalue weighted by atomic mass is 10.2. The summed E-state index contributed by atoms with van der Waals surface area (Å²) in [7, 11) is 1.46. The molecule has 1 unspecified atom stereocenters. The number of methoxy groups -OCH3 is 1. The first-order chi connectivity index (χ1) is 13.0. The van der Waals surface area contributed by atoms with Gasteiger partial charge in [-0.2, -0.15) is 0 Å². The number of aliphatic imine (C=N–C) groups is 1. The maximum Gasteiger partial charge on any atom is 0.191 e. The molecule has 1 saturated heterocycles. The number of hydrogen-bond donors (Lipinski definition) is 2. The van der Waals surface area contributed by atoms with E-state index in [0.717, 1.165) is 38.3 Å². The minimum atomic E-state index is -0.371. The van der Waals surface area contributed by atoms with Crippen molar-refractivity contribution >= 4 is 5.96 Å². The van der Waals surface area contributed by atoms with Crippen molar-refractivity contribution in [3.63, 3.8) is 0 Å². The number of morpholine rings is 1. The lowest BCUT2D eigenvalue weighted by molar-refractivity contribution is -0.0284. The van der Waals surface area contributed by atoms with Gasteiger partial charge in [-0.1, -0.05) is 19.9 Å². The molecule has 27 heavy (non-hydrogen) atoms. The van der Waals surface area contributed by atoms with Gasteiger partial charge in [0.25, 0.3) is 0 Å². The highest BCUT2D eigenvalue weighted by Crippen LogP contribution is 2.18. The molecule has 1 aromatic carbocycles. The van der Waals surface area contributed by atoms with Crippen LogP contribution in [-0.2, 0) is 11.3 Å². The lowest BCUT2D eigenvalue weighted by Gasteiger charge is -2.34. The summed E-state index contributed by atoms with van der Waals surface area (Å²) < 4.78 is 24.6. The topological polar surface area (TPSA) is 58.1 Å². The SMILES string of the molecule is CCNC(=NCc1ccc(OC)c(F)c1)NCC1CN(CC(C)C)CCO1. The third-order valence-corrected chi connectivity index (χ3v) is 4.32. The standard InChI is InChI=1S/C20H33FN4O2/c1-5-22-20(23-11-16-6-7-19(26-4)18(21)10-16)24-12-17-14-25(8-9-27-17)13-15(2)3/h6-7,10,15,17H,5,8-9,11-14H2,1-4H3,(H2,22,23,24). The number of guanidine groups is 1. The summed E-state index contributed by atoms with van der Waals surface area (Å²) in [5.74, 6) is 1.23. The molecule has 1 heterocycles. The van der Waals surface area contributed by atoms with Gasteiger partial charge in [-0.05, 0) is 30.5 Å². The first kappa shape index (κ1) is 21.4. The molecule has 2 rings (SSSR count). The molecule has 0 aromatic heterocycles. The van der Waals surface area contributed by atoms with E-state index in [2.05, 4.69) is 34.4 Å². The van der Waals surface area contributed by atoms with Gasteiger partial charge in [-0.15, -0.1) is 0 Å². The van der Waals surface area contributed by atoms with E-state index in [1.807, 2.05) is 13.0 Å². The van der Waals surface area contributed by atoms with Crippen LogP contribution in [0.4, 0.5) is 4.39 Å². The third kappa shape index (κ3) is 7.34. The normalized spacial score (nSPS) is 18.6. The number of rotatable bonds is 8. The van der Waals surface area contributed by atoms with Crippen molar-refractivity contribution in [2.75, 3.05) is 46.4 Å². The Morgan fingerprint density at radius 1 is 1.41 bits per heavy atom. The molecule has 2 N–H and O–H groups in total. The van der Waals surface area contributed by atoms with Gasteiger partial charge >= 0.3 is 0 Å². The maximum atomic E-state index is 13.8. The Morgan fingerprint density at radius 2 is 2.22 bits per heavy atom. The van der Waals surface area contributed by atoms with E-state index in [-0.39, 0.29) is 17.7 Å². The van der Waals surface area contributed by atoms with Crippen LogP contribution >= 0.6 is 0 Å². The Balaban J connectivity index is 1.88. The van der Waals surface area contributed by atoms with Crippen LogP contribution in [0, 0.1) is 11.7 Å². The Hall–Kier alpha value is -1.86. The number of nitrogens with one attached hydrogen (secondary N) is 2. The van der Waals surface area contributed by atoms with Crippen molar-refractivity contribution in [1.29, 1.82) is 0 Å². The zero-order chi connectivity index (χ0) is 19.6. The predicted octanol–water partition coefficient (Wildman–Crippen LogP) is 2.25. The summed E-state index contributed by atoms with van der Waals surface area (Å²) in [6.45, 7) is 12.1. The first-order valence-electron chi connectivity index (χ1n) is 9.70. The van der Waals surface area contributed by atoms with E-state index in [1.165, 1.54) is 13.2 Å². The minimum Gasteiger partial charge on any atom is -0.494 e. The number of nitrogens with zero attached hydrogens (tertiary/aromatic N) is 2. The van der Waals surface area contributed by atoms with E-state index < -0.39 is 0 Å². The average molecular weight is 381 g/mol. The summed E-state index contributed by atoms with van der Waals surface area (Å²) in [4.78, 5) is 7.00. The highest BCUT2D eigenvalue weighted by molar-refractivity contribution is 5.79. The summed E-state index contributed by atoms with van der Waals surface area (Å²) in [6.07, 6.45) is 0.139. The van der Waals surface area contributed by atoms with E-state index in [1.54, 1.807) is 6.07 Å². The predicted molar refractivity (Wildman–Crippen MR) is 107 cm³/mol. The molecule has 1 atom stereocenters. The van der Waals surface area contributed by atoms with Gasteiger partial charge < -0.3 is 20.1 Å². The van der Waals surface area contributed by atoms with Crippen LogP contribution in [0.25, 0.3) is 0 Å². The zero-order valence-corrected chi connectivity index (χ0v) is 16.9. The fraction of sp³-hybridized carbons (Fsp3) is 0.650. The Labute approximate surface area is 162 Å². The van der Waals surface area contributed by atoms with Gasteiger partial charge in [-0.25, -0.2) is 9.38 Å². The fourth-order valence-corrected chi connectivity index (χ4v) is 3.12. The van der Waals surface area contributed by atoms with Crippen molar-refractivity contribution in [1.82, 2.24) is 15.5 Å². The Morgan fingerprint density at radius 3 is 2.89 bits per heavy atom. The van der Waals surface area contributed by atoms with Crippen molar-refractivity contribution in [2.45, 2.75) is 33.4 Å². The van der Waals surface area contributed by atoms with Crippen LogP contribution in [0.1, 0.15) is 26.3 Å². The van der Waals surface area contributed by atoms with E-state index in [4.69, 9.17) is 9.47 Å². The quantitative estimate of drug-likeness (QED) is 0.535. The maximum absolute atomic E-state index is 13.8. The van der Waals surface area contributed by atoms with Gasteiger partial charge in [0, 0.05) is 32.7 Å². The van der Waals surface area contributed by atoms with Gasteiger partial charge in [0.1, 0.15) is 0 Å². The number of hydrogen-bond acceptors (Lipinski definition) is 4. The van der Waals surface area contributed by atoms with Gasteiger partial charge in [0.15, 0.2) is 17.5 Å². The molecule has 1 fully saturated rings. The molecular weight excluding hydrogens is 347 g/mol. The molecule has 1 aliphatic heterocycles. The summed E-state index contributed by atoms with van der Waals surface area (Å²) >= 11 is 0. The van der Waals surface area contributed by atoms with Crippen molar-refractivity contribution in [3.8, 4) is 5.75 Å². The second-order valence-corrected chi connectivity index (χ2v) is 7.19. The Bertz CT molecular complexity index is 610. The molecule has 152 valence electrons. The molecule has 0 radical (unpaired) electrons. The van der Waals surface area contributed by atoms with Gasteiger partial charge in [-0.3, -0.25) is 4.90 Å². The van der Waals surface area contributed by atoms with Crippen molar-refractivity contribution < 1.29 is 13.9 Å². The van der Waals surface area contributed by atoms with Gasteiger partial charge in [0.05, 0.1) is 26.4 Å². The highest BCUT2D eigenvalue weighted by atomic mass is 19.1. The monoisotopic (exact) mass is 380 g/mol. The summed E-state index contributed by atoms with van der Waals surface area (Å²) in [5.41, 5.74) is 0.794. The summed E-state index contributed by atoms with van der Waals surface area (Å²) in [5, 5.41) is 6.56. The van der Waals surface area contributed by atoms with Crippen LogP contribution in [0.5, 0.6) is 5.75 Å². The van der Waals surface area contributed by atoms with Crippen molar-refractivity contribution in [3.05, 3.63) is 29.6 Å². The highest BCUT2D eigenvalue weighted by Gasteiger charge is 2.21. The largest absolute Gasteiger partial charge is 0.494 e. The smallest absolute Gasteiger partial charge is 0.191 e. The fourth-order valence-electron chi connectivity index (χ4n) is 3.12.